The van der Waals surface area contributed by atoms with Gasteiger partial charge in [0.1, 0.15) is 17.2 Å². The van der Waals surface area contributed by atoms with E-state index in [1.807, 2.05) is 32.2 Å². The fraction of sp³-hybridized carbons (Fsp3) is 0.467. The van der Waals surface area contributed by atoms with E-state index in [0.717, 1.165) is 24.1 Å². The first-order chi connectivity index (χ1) is 19.2. The molecule has 1 saturated carbocycles. The third-order valence-electron chi connectivity index (χ3n) is 7.51. The van der Waals surface area contributed by atoms with Crippen molar-refractivity contribution in [1.82, 2.24) is 20.3 Å². The number of alkyl halides is 2. The Kier molecular flexibility index (Phi) is 9.76. The fourth-order valence-electron chi connectivity index (χ4n) is 5.15. The first-order valence-corrected chi connectivity index (χ1v) is 13.7. The number of hydrogen-bond donors (Lipinski definition) is 3. The van der Waals surface area contributed by atoms with Crippen LogP contribution in [0.4, 0.5) is 20.4 Å². The van der Waals surface area contributed by atoms with Crippen molar-refractivity contribution < 1.29 is 23.4 Å². The summed E-state index contributed by atoms with van der Waals surface area (Å²) in [5.74, 6) is 0.461. The molecule has 0 unspecified atom stereocenters. The molecule has 3 aromatic rings. The van der Waals surface area contributed by atoms with E-state index in [1.54, 1.807) is 19.2 Å². The van der Waals surface area contributed by atoms with Crippen molar-refractivity contribution in [3.05, 3.63) is 65.6 Å². The topological polar surface area (TPSA) is 109 Å². The first-order valence-electron chi connectivity index (χ1n) is 13.7. The molecule has 40 heavy (non-hydrogen) atoms. The van der Waals surface area contributed by atoms with Gasteiger partial charge in [0, 0.05) is 23.5 Å². The van der Waals surface area contributed by atoms with Crippen LogP contribution in [0.15, 0.2) is 48.8 Å². The molecular weight excluding hydrogens is 516 g/mol. The highest BCUT2D eigenvalue weighted by molar-refractivity contribution is 5.72. The molecule has 0 bridgehead atoms. The number of carbonyl (C=O) groups excluding carboxylic acids is 1. The molecule has 1 aliphatic carbocycles. The van der Waals surface area contributed by atoms with Gasteiger partial charge in [-0.2, -0.15) is 0 Å². The van der Waals surface area contributed by atoms with Crippen LogP contribution in [0.3, 0.4) is 0 Å². The predicted octanol–water partition coefficient (Wildman–Crippen LogP) is 5.69. The largest absolute Gasteiger partial charge is 0.465 e. The molecular formula is C30H37F2N5O3. The van der Waals surface area contributed by atoms with E-state index in [9.17, 15) is 18.7 Å². The SMILES string of the molecule is CNCCCOC(=O)C1CCC([C@@](C)(O)c2ccc(-c3cc(C)cc(Nc4cc(C(F)F)ccn4)n3)cn2)CC1. The van der Waals surface area contributed by atoms with Gasteiger partial charge in [-0.25, -0.2) is 18.7 Å². The molecule has 0 radical (unpaired) electrons. The second kappa shape index (κ2) is 13.2. The summed E-state index contributed by atoms with van der Waals surface area (Å²) in [5, 5.41) is 17.5. The van der Waals surface area contributed by atoms with Crippen molar-refractivity contribution in [2.24, 2.45) is 11.8 Å². The molecule has 3 aromatic heterocycles. The van der Waals surface area contributed by atoms with E-state index in [-0.39, 0.29) is 29.2 Å². The Labute approximate surface area is 233 Å². The van der Waals surface area contributed by atoms with Gasteiger partial charge in [0.2, 0.25) is 0 Å². The molecule has 0 aromatic carbocycles. The summed E-state index contributed by atoms with van der Waals surface area (Å²) >= 11 is 0. The lowest BCUT2D eigenvalue weighted by molar-refractivity contribution is -0.151. The molecule has 10 heteroatoms. The van der Waals surface area contributed by atoms with Crippen LogP contribution in [0.25, 0.3) is 11.3 Å². The van der Waals surface area contributed by atoms with Crippen molar-refractivity contribution in [2.45, 2.75) is 58.0 Å². The monoisotopic (exact) mass is 553 g/mol. The van der Waals surface area contributed by atoms with Crippen molar-refractivity contribution in [1.29, 1.82) is 0 Å². The van der Waals surface area contributed by atoms with E-state index in [0.29, 0.717) is 49.5 Å². The summed E-state index contributed by atoms with van der Waals surface area (Å²) in [6.07, 6.45) is 4.00. The Morgan fingerprint density at radius 3 is 2.58 bits per heavy atom. The molecule has 3 heterocycles. The van der Waals surface area contributed by atoms with Gasteiger partial charge in [0.25, 0.3) is 6.43 Å². The van der Waals surface area contributed by atoms with Crippen molar-refractivity contribution in [3.8, 4) is 11.3 Å². The van der Waals surface area contributed by atoms with Crippen LogP contribution in [0.1, 0.15) is 62.3 Å². The van der Waals surface area contributed by atoms with Gasteiger partial charge in [0.05, 0.1) is 23.9 Å². The van der Waals surface area contributed by atoms with Gasteiger partial charge < -0.3 is 20.5 Å². The number of aliphatic hydroxyl groups is 1. The molecule has 0 saturated heterocycles. The van der Waals surface area contributed by atoms with Crippen LogP contribution in [0, 0.1) is 18.8 Å². The third kappa shape index (κ3) is 7.37. The quantitative estimate of drug-likeness (QED) is 0.205. The Bertz CT molecular complexity index is 1280. The van der Waals surface area contributed by atoms with Crippen LogP contribution in [-0.2, 0) is 15.1 Å². The molecule has 4 rings (SSSR count). The Morgan fingerprint density at radius 2 is 1.90 bits per heavy atom. The highest BCUT2D eigenvalue weighted by Crippen LogP contribution is 2.41. The number of carbonyl (C=O) groups is 1. The molecule has 3 N–H and O–H groups in total. The molecule has 1 atom stereocenters. The van der Waals surface area contributed by atoms with Gasteiger partial charge >= 0.3 is 5.97 Å². The number of nitrogens with one attached hydrogen (secondary N) is 2. The summed E-state index contributed by atoms with van der Waals surface area (Å²) in [5.41, 5.74) is 1.63. The number of rotatable bonds is 11. The molecule has 0 aliphatic heterocycles. The smallest absolute Gasteiger partial charge is 0.308 e. The van der Waals surface area contributed by atoms with Crippen molar-refractivity contribution >= 4 is 17.6 Å². The Hall–Kier alpha value is -3.50. The molecule has 0 spiro atoms. The van der Waals surface area contributed by atoms with E-state index in [4.69, 9.17) is 4.74 Å². The average Bonchev–Trinajstić information content (AvgIpc) is 2.95. The summed E-state index contributed by atoms with van der Waals surface area (Å²) in [4.78, 5) is 25.7. The average molecular weight is 554 g/mol. The minimum Gasteiger partial charge on any atom is -0.465 e. The number of halogens is 2. The summed E-state index contributed by atoms with van der Waals surface area (Å²) in [6.45, 7) is 4.93. The zero-order valence-corrected chi connectivity index (χ0v) is 23.2. The number of anilines is 2. The van der Waals surface area contributed by atoms with Gasteiger partial charge in [0.15, 0.2) is 0 Å². The highest BCUT2D eigenvalue weighted by Gasteiger charge is 2.39. The minimum absolute atomic E-state index is 0.0245. The van der Waals surface area contributed by atoms with E-state index in [2.05, 4.69) is 25.6 Å². The summed E-state index contributed by atoms with van der Waals surface area (Å²) < 4.78 is 31.5. The predicted molar refractivity (Wildman–Crippen MR) is 149 cm³/mol. The second-order valence-electron chi connectivity index (χ2n) is 10.6. The molecule has 214 valence electrons. The Morgan fingerprint density at radius 1 is 1.12 bits per heavy atom. The van der Waals surface area contributed by atoms with Gasteiger partial charge in [-0.1, -0.05) is 0 Å². The van der Waals surface area contributed by atoms with Crippen molar-refractivity contribution in [2.75, 3.05) is 25.5 Å². The van der Waals surface area contributed by atoms with Gasteiger partial charge in [-0.3, -0.25) is 9.78 Å². The second-order valence-corrected chi connectivity index (χ2v) is 10.6. The number of pyridine rings is 3. The number of aromatic nitrogens is 3. The molecule has 1 fully saturated rings. The zero-order chi connectivity index (χ0) is 28.7. The maximum atomic E-state index is 13.1. The van der Waals surface area contributed by atoms with Crippen LogP contribution < -0.4 is 10.6 Å². The van der Waals surface area contributed by atoms with E-state index in [1.165, 1.54) is 18.3 Å². The van der Waals surface area contributed by atoms with Gasteiger partial charge in [-0.15, -0.1) is 0 Å². The minimum atomic E-state index is -2.59. The zero-order valence-electron chi connectivity index (χ0n) is 23.2. The van der Waals surface area contributed by atoms with Crippen molar-refractivity contribution in [3.63, 3.8) is 0 Å². The lowest BCUT2D eigenvalue weighted by Crippen LogP contribution is -2.37. The first kappa shape index (κ1) is 29.5. The molecule has 1 aliphatic rings. The van der Waals surface area contributed by atoms with Crippen LogP contribution >= 0.6 is 0 Å². The normalized spacial score (nSPS) is 18.8. The summed E-state index contributed by atoms with van der Waals surface area (Å²) in [7, 11) is 1.87. The number of nitrogens with zero attached hydrogens (tertiary/aromatic N) is 3. The van der Waals surface area contributed by atoms with Gasteiger partial charge in [-0.05, 0) is 107 Å². The third-order valence-corrected chi connectivity index (χ3v) is 7.51. The van der Waals surface area contributed by atoms with Crippen LogP contribution in [0.2, 0.25) is 0 Å². The maximum absolute atomic E-state index is 13.1. The highest BCUT2D eigenvalue weighted by atomic mass is 19.3. The number of ether oxygens (including phenoxy) is 1. The number of aryl methyl sites for hydroxylation is 1. The van der Waals surface area contributed by atoms with Crippen LogP contribution in [0.5, 0.6) is 0 Å². The molecule has 8 nitrogen and oxygen atoms in total. The lowest BCUT2D eigenvalue weighted by atomic mass is 9.73. The standard InChI is InChI=1S/C30H37F2N5O3/c1-19-15-24(36-27(16-19)37-26-17-21(28(31)32)11-13-34-26)22-7-10-25(35-18-22)30(2,39)23-8-5-20(6-9-23)29(38)40-14-4-12-33-3/h7,10-11,13,15-18,20,23,28,33,39H,4-6,8-9,12,14H2,1-3H3,(H,34,36,37)/t20?,23?,30-/m1/s1. The molecule has 0 amide bonds. The van der Waals surface area contributed by atoms with Crippen LogP contribution in [-0.4, -0.2) is 46.2 Å². The number of hydrogen-bond acceptors (Lipinski definition) is 8. The Balaban J connectivity index is 1.40. The van der Waals surface area contributed by atoms with E-state index >= 15 is 0 Å². The fourth-order valence-corrected chi connectivity index (χ4v) is 5.15. The van der Waals surface area contributed by atoms with E-state index < -0.39 is 12.0 Å². The maximum Gasteiger partial charge on any atom is 0.308 e. The summed E-state index contributed by atoms with van der Waals surface area (Å²) in [6, 6.07) is 9.97. The number of esters is 1. The lowest BCUT2D eigenvalue weighted by Gasteiger charge is -2.37.